The zero-order chi connectivity index (χ0) is 12.9. The second kappa shape index (κ2) is 6.02. The predicted octanol–water partition coefficient (Wildman–Crippen LogP) is 2.94. The van der Waals surface area contributed by atoms with Crippen LogP contribution in [0.15, 0.2) is 43.0 Å². The molecule has 0 spiro atoms. The molecule has 0 fully saturated rings. The maximum atomic E-state index is 4.06. The van der Waals surface area contributed by atoms with Crippen molar-refractivity contribution in [2.45, 2.75) is 38.3 Å². The molecule has 19 heavy (non-hydrogen) atoms. The first-order chi connectivity index (χ1) is 9.43. The van der Waals surface area contributed by atoms with E-state index in [1.807, 2.05) is 18.7 Å². The van der Waals surface area contributed by atoms with E-state index in [4.69, 9.17) is 0 Å². The second-order valence-electron chi connectivity index (χ2n) is 5.25. The van der Waals surface area contributed by atoms with E-state index in [9.17, 15) is 0 Å². The molecule has 0 saturated carbocycles. The van der Waals surface area contributed by atoms with Gasteiger partial charge in [-0.2, -0.15) is 0 Å². The molecule has 100 valence electrons. The van der Waals surface area contributed by atoms with Gasteiger partial charge in [-0.25, -0.2) is 4.98 Å². The molecule has 0 bridgehead atoms. The lowest BCUT2D eigenvalue weighted by atomic mass is 10.1. The normalized spacial score (nSPS) is 17.6. The van der Waals surface area contributed by atoms with Crippen LogP contribution >= 0.6 is 0 Å². The van der Waals surface area contributed by atoms with Crippen molar-refractivity contribution in [1.82, 2.24) is 14.9 Å². The Morgan fingerprint density at radius 2 is 2.21 bits per heavy atom. The first-order valence-electron chi connectivity index (χ1n) is 7.20. The Morgan fingerprint density at radius 1 is 1.26 bits per heavy atom. The number of unbranched alkanes of at least 4 members (excludes halogenated alkanes) is 1. The highest BCUT2D eigenvalue weighted by molar-refractivity contribution is 5.34. The SMILES string of the molecule is c1ccc2c(c1)CCC2NCCCCn1ccnc1. The molecule has 1 atom stereocenters. The van der Waals surface area contributed by atoms with Gasteiger partial charge in [0.2, 0.25) is 0 Å². The largest absolute Gasteiger partial charge is 0.337 e. The van der Waals surface area contributed by atoms with Crippen LogP contribution in [0.25, 0.3) is 0 Å². The van der Waals surface area contributed by atoms with Gasteiger partial charge in [0.1, 0.15) is 0 Å². The maximum absolute atomic E-state index is 4.06. The summed E-state index contributed by atoms with van der Waals surface area (Å²) in [4.78, 5) is 4.06. The summed E-state index contributed by atoms with van der Waals surface area (Å²) in [6.07, 6.45) is 10.7. The minimum atomic E-state index is 0.574. The van der Waals surface area contributed by atoms with Crippen molar-refractivity contribution in [2.75, 3.05) is 6.54 Å². The molecule has 3 nitrogen and oxygen atoms in total. The van der Waals surface area contributed by atoms with Gasteiger partial charge < -0.3 is 9.88 Å². The average molecular weight is 255 g/mol. The van der Waals surface area contributed by atoms with Crippen molar-refractivity contribution >= 4 is 0 Å². The fourth-order valence-electron chi connectivity index (χ4n) is 2.88. The van der Waals surface area contributed by atoms with Gasteiger partial charge >= 0.3 is 0 Å². The summed E-state index contributed by atoms with van der Waals surface area (Å²) in [7, 11) is 0. The fourth-order valence-corrected chi connectivity index (χ4v) is 2.88. The second-order valence-corrected chi connectivity index (χ2v) is 5.25. The molecular weight excluding hydrogens is 234 g/mol. The first-order valence-corrected chi connectivity index (χ1v) is 7.20. The number of hydrogen-bond acceptors (Lipinski definition) is 2. The van der Waals surface area contributed by atoms with E-state index in [-0.39, 0.29) is 0 Å². The molecule has 1 aromatic heterocycles. The van der Waals surface area contributed by atoms with Crippen molar-refractivity contribution < 1.29 is 0 Å². The van der Waals surface area contributed by atoms with E-state index in [0.29, 0.717) is 6.04 Å². The lowest BCUT2D eigenvalue weighted by molar-refractivity contribution is 0.498. The maximum Gasteiger partial charge on any atom is 0.0945 e. The summed E-state index contributed by atoms with van der Waals surface area (Å²) in [5.74, 6) is 0. The number of aromatic nitrogens is 2. The van der Waals surface area contributed by atoms with Crippen molar-refractivity contribution in [3.05, 3.63) is 54.1 Å². The smallest absolute Gasteiger partial charge is 0.0945 e. The van der Waals surface area contributed by atoms with Crippen LogP contribution in [0.1, 0.15) is 36.4 Å². The third kappa shape index (κ3) is 3.04. The third-order valence-electron chi connectivity index (χ3n) is 3.93. The van der Waals surface area contributed by atoms with E-state index < -0.39 is 0 Å². The predicted molar refractivity (Wildman–Crippen MR) is 77.0 cm³/mol. The van der Waals surface area contributed by atoms with Crippen LogP contribution in [-0.2, 0) is 13.0 Å². The average Bonchev–Trinajstić information content (AvgIpc) is 3.08. The quantitative estimate of drug-likeness (QED) is 0.804. The highest BCUT2D eigenvalue weighted by Crippen LogP contribution is 2.30. The van der Waals surface area contributed by atoms with Crippen LogP contribution in [0.4, 0.5) is 0 Å². The van der Waals surface area contributed by atoms with E-state index in [2.05, 4.69) is 39.1 Å². The summed E-state index contributed by atoms with van der Waals surface area (Å²) in [5.41, 5.74) is 3.04. The van der Waals surface area contributed by atoms with Gasteiger partial charge in [0.05, 0.1) is 6.33 Å². The van der Waals surface area contributed by atoms with Crippen LogP contribution < -0.4 is 5.32 Å². The molecule has 2 aromatic rings. The molecule has 1 unspecified atom stereocenters. The molecule has 0 radical (unpaired) electrons. The molecule has 1 aliphatic carbocycles. The van der Waals surface area contributed by atoms with Crippen molar-refractivity contribution in [1.29, 1.82) is 0 Å². The summed E-state index contributed by atoms with van der Waals surface area (Å²) < 4.78 is 2.14. The lowest BCUT2D eigenvalue weighted by Gasteiger charge is -2.13. The molecule has 0 aliphatic heterocycles. The Labute approximate surface area is 114 Å². The minimum Gasteiger partial charge on any atom is -0.337 e. The van der Waals surface area contributed by atoms with Crippen LogP contribution in [-0.4, -0.2) is 16.1 Å². The highest BCUT2D eigenvalue weighted by Gasteiger charge is 2.20. The molecule has 1 aliphatic rings. The number of hydrogen-bond donors (Lipinski definition) is 1. The standard InChI is InChI=1S/C16H21N3/c1-2-6-15-14(5-1)7-8-16(15)18-9-3-4-11-19-12-10-17-13-19/h1-2,5-6,10,12-13,16,18H,3-4,7-9,11H2. The number of nitrogens with zero attached hydrogens (tertiary/aromatic N) is 2. The Hall–Kier alpha value is -1.61. The molecule has 1 N–H and O–H groups in total. The molecule has 0 saturated heterocycles. The van der Waals surface area contributed by atoms with Crippen LogP contribution in [0.3, 0.4) is 0 Å². The molecule has 1 aromatic carbocycles. The van der Waals surface area contributed by atoms with E-state index in [1.165, 1.54) is 36.8 Å². The van der Waals surface area contributed by atoms with E-state index in [1.54, 1.807) is 0 Å². The Bertz CT molecular complexity index is 504. The van der Waals surface area contributed by atoms with Gasteiger partial charge in [0.15, 0.2) is 0 Å². The summed E-state index contributed by atoms with van der Waals surface area (Å²) >= 11 is 0. The number of benzene rings is 1. The first kappa shape index (κ1) is 12.4. The zero-order valence-electron chi connectivity index (χ0n) is 11.3. The van der Waals surface area contributed by atoms with Gasteiger partial charge in [-0.3, -0.25) is 0 Å². The number of aryl methyl sites for hydroxylation is 2. The number of nitrogens with one attached hydrogen (secondary N) is 1. The molecular formula is C16H21N3. The third-order valence-corrected chi connectivity index (χ3v) is 3.93. The van der Waals surface area contributed by atoms with Crippen molar-refractivity contribution in [2.24, 2.45) is 0 Å². The lowest BCUT2D eigenvalue weighted by Crippen LogP contribution is -2.20. The fraction of sp³-hybridized carbons (Fsp3) is 0.438. The van der Waals surface area contributed by atoms with E-state index in [0.717, 1.165) is 13.1 Å². The van der Waals surface area contributed by atoms with Crippen molar-refractivity contribution in [3.63, 3.8) is 0 Å². The number of fused-ring (bicyclic) bond motifs is 1. The Kier molecular flexibility index (Phi) is 3.94. The summed E-state index contributed by atoms with van der Waals surface area (Å²) in [6, 6.07) is 9.40. The van der Waals surface area contributed by atoms with Crippen LogP contribution in [0.2, 0.25) is 0 Å². The van der Waals surface area contributed by atoms with Gasteiger partial charge in [-0.1, -0.05) is 24.3 Å². The van der Waals surface area contributed by atoms with E-state index >= 15 is 0 Å². The highest BCUT2D eigenvalue weighted by atomic mass is 15.0. The molecule has 3 rings (SSSR count). The van der Waals surface area contributed by atoms with Gasteiger partial charge in [-0.05, 0) is 43.4 Å². The van der Waals surface area contributed by atoms with Crippen molar-refractivity contribution in [3.8, 4) is 0 Å². The van der Waals surface area contributed by atoms with Gasteiger partial charge in [-0.15, -0.1) is 0 Å². The molecule has 3 heteroatoms. The summed E-state index contributed by atoms with van der Waals surface area (Å²) in [5, 5.41) is 3.69. The Balaban J connectivity index is 1.39. The summed E-state index contributed by atoms with van der Waals surface area (Å²) in [6.45, 7) is 2.18. The van der Waals surface area contributed by atoms with Crippen LogP contribution in [0.5, 0.6) is 0 Å². The molecule has 0 amide bonds. The van der Waals surface area contributed by atoms with Gasteiger partial charge in [0, 0.05) is 25.0 Å². The number of imidazole rings is 1. The number of rotatable bonds is 6. The van der Waals surface area contributed by atoms with Gasteiger partial charge in [0.25, 0.3) is 0 Å². The Morgan fingerprint density at radius 3 is 3.11 bits per heavy atom. The topological polar surface area (TPSA) is 29.9 Å². The van der Waals surface area contributed by atoms with Crippen LogP contribution in [0, 0.1) is 0 Å². The zero-order valence-corrected chi connectivity index (χ0v) is 11.3. The monoisotopic (exact) mass is 255 g/mol. The molecule has 1 heterocycles. The minimum absolute atomic E-state index is 0.574.